The number of nitriles is 1. The summed E-state index contributed by atoms with van der Waals surface area (Å²) in [5, 5.41) is 9.91. The van der Waals surface area contributed by atoms with Gasteiger partial charge in [0.15, 0.2) is 5.25 Å². The second kappa shape index (κ2) is 5.44. The molecule has 0 aromatic carbocycles. The van der Waals surface area contributed by atoms with Gasteiger partial charge in [-0.2, -0.15) is 9.57 Å². The molecule has 0 radical (unpaired) electrons. The molecule has 1 N–H and O–H groups in total. The van der Waals surface area contributed by atoms with Crippen molar-refractivity contribution < 1.29 is 17.9 Å². The number of carbonyl (C=O) groups excluding carboxylic acids is 1. The molecule has 1 rings (SSSR count). The summed E-state index contributed by atoms with van der Waals surface area (Å²) < 4.78 is 30.2. The molecule has 0 bridgehead atoms. The van der Waals surface area contributed by atoms with E-state index in [1.54, 1.807) is 6.07 Å². The monoisotopic (exact) mass is 261 g/mol. The minimum atomic E-state index is -3.78. The Morgan fingerprint density at radius 1 is 1.65 bits per heavy atom. The van der Waals surface area contributed by atoms with Crippen molar-refractivity contribution in [3.05, 3.63) is 0 Å². The zero-order valence-corrected chi connectivity index (χ0v) is 10.5. The van der Waals surface area contributed by atoms with Gasteiger partial charge in [0.2, 0.25) is 15.9 Å². The van der Waals surface area contributed by atoms with E-state index in [0.717, 1.165) is 4.31 Å². The van der Waals surface area contributed by atoms with E-state index >= 15 is 0 Å². The molecule has 7 nitrogen and oxygen atoms in total. The number of hydrogen-bond acceptors (Lipinski definition) is 5. The first-order valence-corrected chi connectivity index (χ1v) is 6.65. The minimum Gasteiger partial charge on any atom is -0.378 e. The third-order valence-corrected chi connectivity index (χ3v) is 4.67. The van der Waals surface area contributed by atoms with Crippen molar-refractivity contribution in [3.8, 4) is 6.07 Å². The van der Waals surface area contributed by atoms with Gasteiger partial charge in [0, 0.05) is 13.6 Å². The summed E-state index contributed by atoms with van der Waals surface area (Å²) in [6.07, 6.45) is 0. The molecule has 17 heavy (non-hydrogen) atoms. The van der Waals surface area contributed by atoms with Crippen LogP contribution in [-0.2, 0) is 19.6 Å². The van der Waals surface area contributed by atoms with Crippen LogP contribution in [0.3, 0.4) is 0 Å². The number of morpholine rings is 1. The van der Waals surface area contributed by atoms with Gasteiger partial charge in [0.1, 0.15) is 6.04 Å². The maximum atomic E-state index is 12.0. The van der Waals surface area contributed by atoms with E-state index in [-0.39, 0.29) is 19.8 Å². The molecule has 1 heterocycles. The molecule has 1 fully saturated rings. The summed E-state index contributed by atoms with van der Waals surface area (Å²) >= 11 is 0. The molecular formula is C9H15N3O4S. The molecule has 0 saturated carbocycles. The highest BCUT2D eigenvalue weighted by Crippen LogP contribution is 2.16. The number of carbonyl (C=O) groups is 1. The average Bonchev–Trinajstić information content (AvgIpc) is 2.36. The number of hydrogen-bond donors (Lipinski definition) is 1. The number of nitrogens with one attached hydrogen (secondary N) is 1. The van der Waals surface area contributed by atoms with Crippen LogP contribution in [0.4, 0.5) is 0 Å². The fraction of sp³-hybridized carbons (Fsp3) is 0.778. The minimum absolute atomic E-state index is 0.0110. The van der Waals surface area contributed by atoms with Gasteiger partial charge in [-0.05, 0) is 6.92 Å². The molecule has 96 valence electrons. The lowest BCUT2D eigenvalue weighted by Gasteiger charge is -2.33. The Morgan fingerprint density at radius 2 is 2.29 bits per heavy atom. The quantitative estimate of drug-likeness (QED) is 0.679. The van der Waals surface area contributed by atoms with Gasteiger partial charge >= 0.3 is 0 Å². The summed E-state index contributed by atoms with van der Waals surface area (Å²) in [6, 6.07) is 0.784. The van der Waals surface area contributed by atoms with Crippen molar-refractivity contribution in [2.24, 2.45) is 0 Å². The maximum absolute atomic E-state index is 12.0. The molecule has 2 unspecified atom stereocenters. The largest absolute Gasteiger partial charge is 0.378 e. The predicted octanol–water partition coefficient (Wildman–Crippen LogP) is -1.32. The van der Waals surface area contributed by atoms with Crippen molar-refractivity contribution in [2.75, 3.05) is 26.8 Å². The number of sulfonamides is 1. The second-order valence-corrected chi connectivity index (χ2v) is 5.84. The van der Waals surface area contributed by atoms with Gasteiger partial charge in [-0.1, -0.05) is 0 Å². The molecule has 0 aliphatic carbocycles. The summed E-state index contributed by atoms with van der Waals surface area (Å²) in [4.78, 5) is 11.6. The van der Waals surface area contributed by atoms with E-state index in [2.05, 4.69) is 5.32 Å². The van der Waals surface area contributed by atoms with Gasteiger partial charge < -0.3 is 10.1 Å². The second-order valence-electron chi connectivity index (χ2n) is 3.63. The van der Waals surface area contributed by atoms with Crippen LogP contribution in [0.5, 0.6) is 0 Å². The number of likely N-dealkylation sites (N-methyl/N-ethyl adjacent to an activating group) is 1. The standard InChI is InChI=1S/C9H15N3O4S/c1-7(5-10)17(14,15)12-3-4-16-6-8(12)9(13)11-2/h7-8H,3-4,6H2,1-2H3,(H,11,13). The smallest absolute Gasteiger partial charge is 0.240 e. The van der Waals surface area contributed by atoms with Crippen molar-refractivity contribution in [3.63, 3.8) is 0 Å². The molecule has 1 aliphatic heterocycles. The lowest BCUT2D eigenvalue weighted by Crippen LogP contribution is -2.56. The number of rotatable bonds is 3. The van der Waals surface area contributed by atoms with Gasteiger partial charge in [0.05, 0.1) is 19.3 Å². The molecule has 8 heteroatoms. The Labute approximate surface area is 100 Å². The Kier molecular flexibility index (Phi) is 4.45. The summed E-state index contributed by atoms with van der Waals surface area (Å²) in [5.41, 5.74) is 0. The summed E-state index contributed by atoms with van der Waals surface area (Å²) in [7, 11) is -2.36. The molecule has 1 amide bonds. The molecular weight excluding hydrogens is 246 g/mol. The van der Waals surface area contributed by atoms with Gasteiger partial charge in [-0.3, -0.25) is 4.79 Å². The highest BCUT2D eigenvalue weighted by molar-refractivity contribution is 7.90. The van der Waals surface area contributed by atoms with E-state index in [9.17, 15) is 13.2 Å². The highest BCUT2D eigenvalue weighted by atomic mass is 32.2. The lowest BCUT2D eigenvalue weighted by atomic mass is 10.2. The van der Waals surface area contributed by atoms with E-state index in [0.29, 0.717) is 0 Å². The first-order chi connectivity index (χ1) is 7.95. The molecule has 2 atom stereocenters. The predicted molar refractivity (Wildman–Crippen MR) is 59.4 cm³/mol. The highest BCUT2D eigenvalue weighted by Gasteiger charge is 2.39. The van der Waals surface area contributed by atoms with Crippen molar-refractivity contribution in [1.29, 1.82) is 5.26 Å². The molecule has 0 aromatic heterocycles. The number of nitrogens with zero attached hydrogens (tertiary/aromatic N) is 2. The summed E-state index contributed by atoms with van der Waals surface area (Å²) in [6.45, 7) is 1.63. The van der Waals surface area contributed by atoms with Crippen LogP contribution in [0.2, 0.25) is 0 Å². The average molecular weight is 261 g/mol. The van der Waals surface area contributed by atoms with Gasteiger partial charge in [-0.15, -0.1) is 0 Å². The van der Waals surface area contributed by atoms with E-state index < -0.39 is 27.2 Å². The third kappa shape index (κ3) is 2.74. The Hall–Kier alpha value is -1.17. The van der Waals surface area contributed by atoms with Crippen molar-refractivity contribution in [2.45, 2.75) is 18.2 Å². The van der Waals surface area contributed by atoms with Crippen LogP contribution in [0.1, 0.15) is 6.92 Å². The molecule has 1 aliphatic rings. The lowest BCUT2D eigenvalue weighted by molar-refractivity contribution is -0.128. The van der Waals surface area contributed by atoms with Gasteiger partial charge in [-0.25, -0.2) is 8.42 Å². The van der Waals surface area contributed by atoms with Crippen LogP contribution in [0.25, 0.3) is 0 Å². The molecule has 0 aromatic rings. The number of ether oxygens (including phenoxy) is 1. The molecule has 0 spiro atoms. The van der Waals surface area contributed by atoms with E-state index in [4.69, 9.17) is 10.00 Å². The van der Waals surface area contributed by atoms with Crippen molar-refractivity contribution >= 4 is 15.9 Å². The zero-order chi connectivity index (χ0) is 13.1. The third-order valence-electron chi connectivity index (χ3n) is 2.58. The zero-order valence-electron chi connectivity index (χ0n) is 9.71. The Morgan fingerprint density at radius 3 is 2.82 bits per heavy atom. The van der Waals surface area contributed by atoms with Crippen LogP contribution in [-0.4, -0.2) is 56.7 Å². The maximum Gasteiger partial charge on any atom is 0.240 e. The first-order valence-electron chi connectivity index (χ1n) is 5.14. The van der Waals surface area contributed by atoms with E-state index in [1.165, 1.54) is 14.0 Å². The van der Waals surface area contributed by atoms with Crippen LogP contribution >= 0.6 is 0 Å². The Bertz CT molecular complexity index is 428. The molecule has 1 saturated heterocycles. The van der Waals surface area contributed by atoms with Crippen LogP contribution in [0.15, 0.2) is 0 Å². The van der Waals surface area contributed by atoms with Crippen molar-refractivity contribution in [1.82, 2.24) is 9.62 Å². The first kappa shape index (κ1) is 13.9. The SMILES string of the molecule is CNC(=O)C1COCCN1S(=O)(=O)C(C)C#N. The fourth-order valence-corrected chi connectivity index (χ4v) is 2.92. The van der Waals surface area contributed by atoms with Gasteiger partial charge in [0.25, 0.3) is 0 Å². The number of amides is 1. The fourth-order valence-electron chi connectivity index (χ4n) is 1.54. The Balaban J connectivity index is 3.01. The normalized spacial score (nSPS) is 23.7. The topological polar surface area (TPSA) is 99.5 Å². The summed E-state index contributed by atoms with van der Waals surface area (Å²) in [5.74, 6) is -0.432. The van der Waals surface area contributed by atoms with Crippen LogP contribution in [0, 0.1) is 11.3 Å². The van der Waals surface area contributed by atoms with Crippen LogP contribution < -0.4 is 5.32 Å². The van der Waals surface area contributed by atoms with E-state index in [1.807, 2.05) is 0 Å².